The van der Waals surface area contributed by atoms with Gasteiger partial charge in [0.2, 0.25) is 0 Å². The number of carbonyl (C=O) groups is 1. The van der Waals surface area contributed by atoms with Crippen molar-refractivity contribution in [2.75, 3.05) is 13.1 Å². The van der Waals surface area contributed by atoms with E-state index in [4.69, 9.17) is 16.0 Å². The third kappa shape index (κ3) is 3.19. The molecule has 4 nitrogen and oxygen atoms in total. The van der Waals surface area contributed by atoms with Crippen LogP contribution in [0.1, 0.15) is 41.1 Å². The number of rotatable bonds is 3. The minimum absolute atomic E-state index is 0.0887. The SMILES string of the molecule is Cc1cc2c(cc(C(=O)N3CCCCC3)n2Cc2cccc(Cl)c2)o1. The molecule has 25 heavy (non-hydrogen) atoms. The van der Waals surface area contributed by atoms with Gasteiger partial charge in [-0.3, -0.25) is 4.79 Å². The van der Waals surface area contributed by atoms with Crippen molar-refractivity contribution in [3.63, 3.8) is 0 Å². The summed E-state index contributed by atoms with van der Waals surface area (Å²) in [6.07, 6.45) is 3.36. The maximum atomic E-state index is 13.1. The van der Waals surface area contributed by atoms with Crippen LogP contribution in [0.15, 0.2) is 40.8 Å². The normalized spacial score (nSPS) is 15.0. The fraction of sp³-hybridized carbons (Fsp3) is 0.350. The fourth-order valence-corrected chi connectivity index (χ4v) is 3.80. The van der Waals surface area contributed by atoms with Crippen LogP contribution >= 0.6 is 11.6 Å². The molecule has 2 aromatic heterocycles. The van der Waals surface area contributed by atoms with Crippen LogP contribution in [0.25, 0.3) is 11.1 Å². The number of aryl methyl sites for hydroxylation is 1. The Morgan fingerprint density at radius 1 is 1.16 bits per heavy atom. The molecular weight excluding hydrogens is 336 g/mol. The summed E-state index contributed by atoms with van der Waals surface area (Å²) in [5.74, 6) is 0.938. The molecule has 3 aromatic rings. The van der Waals surface area contributed by atoms with Crippen molar-refractivity contribution in [1.29, 1.82) is 0 Å². The second-order valence-electron chi connectivity index (χ2n) is 6.71. The minimum atomic E-state index is 0.0887. The van der Waals surface area contributed by atoms with E-state index < -0.39 is 0 Å². The summed E-state index contributed by atoms with van der Waals surface area (Å²) < 4.78 is 7.82. The summed E-state index contributed by atoms with van der Waals surface area (Å²) >= 11 is 6.13. The van der Waals surface area contributed by atoms with Crippen LogP contribution in [0.3, 0.4) is 0 Å². The molecule has 1 aliphatic heterocycles. The standard InChI is InChI=1S/C20H21ClN2O2/c1-14-10-17-19(25-14)12-18(20(24)22-8-3-2-4-9-22)23(17)13-15-6-5-7-16(21)11-15/h5-7,10-12H,2-4,8-9,13H2,1H3. The van der Waals surface area contributed by atoms with Gasteiger partial charge < -0.3 is 13.9 Å². The first-order chi connectivity index (χ1) is 12.1. The van der Waals surface area contributed by atoms with Crippen molar-refractivity contribution >= 4 is 28.6 Å². The van der Waals surface area contributed by atoms with Gasteiger partial charge in [0.15, 0.2) is 5.58 Å². The Morgan fingerprint density at radius 2 is 1.96 bits per heavy atom. The smallest absolute Gasteiger partial charge is 0.270 e. The van der Waals surface area contributed by atoms with Crippen LogP contribution in [-0.2, 0) is 6.54 Å². The number of aromatic nitrogens is 1. The first-order valence-electron chi connectivity index (χ1n) is 8.75. The molecule has 0 aliphatic carbocycles. The average molecular weight is 357 g/mol. The molecular formula is C20H21ClN2O2. The van der Waals surface area contributed by atoms with E-state index in [9.17, 15) is 4.79 Å². The maximum absolute atomic E-state index is 13.1. The van der Waals surface area contributed by atoms with Crippen LogP contribution in [0.4, 0.5) is 0 Å². The van der Waals surface area contributed by atoms with E-state index in [2.05, 4.69) is 4.57 Å². The summed E-state index contributed by atoms with van der Waals surface area (Å²) in [6.45, 7) is 4.19. The molecule has 0 unspecified atom stereocenters. The average Bonchev–Trinajstić information content (AvgIpc) is 3.12. The lowest BCUT2D eigenvalue weighted by Crippen LogP contribution is -2.36. The molecule has 1 fully saturated rings. The number of halogens is 1. The Labute approximate surface area is 152 Å². The van der Waals surface area contributed by atoms with Crippen molar-refractivity contribution < 1.29 is 9.21 Å². The van der Waals surface area contributed by atoms with Crippen LogP contribution in [0.2, 0.25) is 5.02 Å². The van der Waals surface area contributed by atoms with Gasteiger partial charge in [0.1, 0.15) is 11.5 Å². The number of fused-ring (bicyclic) bond motifs is 1. The summed E-state index contributed by atoms with van der Waals surface area (Å²) in [5, 5.41) is 0.702. The predicted octanol–water partition coefficient (Wildman–Crippen LogP) is 4.87. The molecule has 0 N–H and O–H groups in total. The zero-order valence-electron chi connectivity index (χ0n) is 14.3. The predicted molar refractivity (Wildman–Crippen MR) is 99.2 cm³/mol. The van der Waals surface area contributed by atoms with Gasteiger partial charge in [-0.2, -0.15) is 0 Å². The largest absolute Gasteiger partial charge is 0.460 e. The first kappa shape index (κ1) is 16.3. The van der Waals surface area contributed by atoms with Gasteiger partial charge in [0, 0.05) is 36.8 Å². The summed E-state index contributed by atoms with van der Waals surface area (Å²) in [6, 6.07) is 11.6. The zero-order valence-corrected chi connectivity index (χ0v) is 15.1. The quantitative estimate of drug-likeness (QED) is 0.671. The lowest BCUT2D eigenvalue weighted by Gasteiger charge is -2.27. The van der Waals surface area contributed by atoms with Crippen LogP contribution in [-0.4, -0.2) is 28.5 Å². The van der Waals surface area contributed by atoms with Crippen molar-refractivity contribution in [2.45, 2.75) is 32.7 Å². The first-order valence-corrected chi connectivity index (χ1v) is 9.13. The topological polar surface area (TPSA) is 38.4 Å². The van der Waals surface area contributed by atoms with Gasteiger partial charge in [-0.25, -0.2) is 0 Å². The maximum Gasteiger partial charge on any atom is 0.270 e. The summed E-state index contributed by atoms with van der Waals surface area (Å²) in [7, 11) is 0. The lowest BCUT2D eigenvalue weighted by molar-refractivity contribution is 0.0714. The van der Waals surface area contributed by atoms with E-state index in [1.807, 2.05) is 48.2 Å². The Bertz CT molecular complexity index is 919. The van der Waals surface area contributed by atoms with E-state index in [0.29, 0.717) is 17.3 Å². The zero-order chi connectivity index (χ0) is 17.4. The highest BCUT2D eigenvalue weighted by Crippen LogP contribution is 2.27. The van der Waals surface area contributed by atoms with Gasteiger partial charge in [-0.15, -0.1) is 0 Å². The molecule has 0 spiro atoms. The number of hydrogen-bond donors (Lipinski definition) is 0. The van der Waals surface area contributed by atoms with E-state index in [0.717, 1.165) is 48.4 Å². The Morgan fingerprint density at radius 3 is 2.72 bits per heavy atom. The monoisotopic (exact) mass is 356 g/mol. The van der Waals surface area contributed by atoms with E-state index in [-0.39, 0.29) is 5.91 Å². The molecule has 1 amide bonds. The number of likely N-dealkylation sites (tertiary alicyclic amines) is 1. The Hall–Kier alpha value is -2.20. The third-order valence-corrected chi connectivity index (χ3v) is 5.04. The molecule has 5 heteroatoms. The highest BCUT2D eigenvalue weighted by atomic mass is 35.5. The number of nitrogens with zero attached hydrogens (tertiary/aromatic N) is 2. The van der Waals surface area contributed by atoms with Crippen LogP contribution in [0, 0.1) is 6.92 Å². The molecule has 1 aliphatic rings. The lowest BCUT2D eigenvalue weighted by atomic mass is 10.1. The molecule has 130 valence electrons. The van der Waals surface area contributed by atoms with Crippen molar-refractivity contribution in [2.24, 2.45) is 0 Å². The van der Waals surface area contributed by atoms with Crippen LogP contribution < -0.4 is 0 Å². The van der Waals surface area contributed by atoms with E-state index in [1.165, 1.54) is 6.42 Å². The number of benzene rings is 1. The second kappa shape index (κ2) is 6.60. The number of piperidine rings is 1. The Kier molecular flexibility index (Phi) is 4.30. The van der Waals surface area contributed by atoms with Gasteiger partial charge >= 0.3 is 0 Å². The molecule has 0 saturated carbocycles. The Balaban J connectivity index is 1.75. The summed E-state index contributed by atoms with van der Waals surface area (Å²) in [5.41, 5.74) is 3.48. The highest BCUT2D eigenvalue weighted by molar-refractivity contribution is 6.30. The third-order valence-electron chi connectivity index (χ3n) is 4.80. The van der Waals surface area contributed by atoms with Crippen LogP contribution in [0.5, 0.6) is 0 Å². The van der Waals surface area contributed by atoms with Gasteiger partial charge in [0.05, 0.1) is 5.52 Å². The number of amides is 1. The van der Waals surface area contributed by atoms with Crippen molar-refractivity contribution in [3.05, 3.63) is 58.4 Å². The highest BCUT2D eigenvalue weighted by Gasteiger charge is 2.24. The molecule has 1 saturated heterocycles. The van der Waals surface area contributed by atoms with Gasteiger partial charge in [0.25, 0.3) is 5.91 Å². The molecule has 0 atom stereocenters. The van der Waals surface area contributed by atoms with Gasteiger partial charge in [-0.05, 0) is 43.9 Å². The molecule has 3 heterocycles. The van der Waals surface area contributed by atoms with E-state index >= 15 is 0 Å². The molecule has 4 rings (SSSR count). The molecule has 0 radical (unpaired) electrons. The van der Waals surface area contributed by atoms with Crippen molar-refractivity contribution in [1.82, 2.24) is 9.47 Å². The number of carbonyl (C=O) groups excluding carboxylic acids is 1. The number of hydrogen-bond acceptors (Lipinski definition) is 2. The van der Waals surface area contributed by atoms with E-state index in [1.54, 1.807) is 0 Å². The van der Waals surface area contributed by atoms with Crippen molar-refractivity contribution in [3.8, 4) is 0 Å². The fourth-order valence-electron chi connectivity index (χ4n) is 3.59. The summed E-state index contributed by atoms with van der Waals surface area (Å²) in [4.78, 5) is 15.0. The van der Waals surface area contributed by atoms with Gasteiger partial charge in [-0.1, -0.05) is 23.7 Å². The molecule has 1 aromatic carbocycles. The molecule has 0 bridgehead atoms. The number of furan rings is 1. The minimum Gasteiger partial charge on any atom is -0.460 e. The second-order valence-corrected chi connectivity index (χ2v) is 7.14.